The van der Waals surface area contributed by atoms with Crippen molar-refractivity contribution in [1.82, 2.24) is 0 Å². The van der Waals surface area contributed by atoms with Crippen LogP contribution < -0.4 is 11.5 Å². The van der Waals surface area contributed by atoms with Crippen molar-refractivity contribution < 1.29 is 0 Å². The molecule has 4 N–H and O–H groups in total. The topological polar surface area (TPSA) is 52.0 Å². The Balaban J connectivity index is 3.00. The second kappa shape index (κ2) is 3.48. The summed E-state index contributed by atoms with van der Waals surface area (Å²) in [5.74, 6) is 0.538. The molecule has 1 rings (SSSR count). The van der Waals surface area contributed by atoms with Gasteiger partial charge in [0.1, 0.15) is 0 Å². The monoisotopic (exact) mass is 164 g/mol. The van der Waals surface area contributed by atoms with Crippen molar-refractivity contribution >= 4 is 11.4 Å². The van der Waals surface area contributed by atoms with Crippen molar-refractivity contribution in [1.29, 1.82) is 0 Å². The molecule has 0 amide bonds. The quantitative estimate of drug-likeness (QED) is 0.659. The van der Waals surface area contributed by atoms with E-state index >= 15 is 0 Å². The largest absolute Gasteiger partial charge is 0.399 e. The highest BCUT2D eigenvalue weighted by atomic mass is 14.6. The van der Waals surface area contributed by atoms with Crippen LogP contribution in [-0.2, 0) is 0 Å². The molecule has 1 aromatic carbocycles. The number of hydrogen-bond acceptors (Lipinski definition) is 2. The van der Waals surface area contributed by atoms with E-state index in [0.29, 0.717) is 5.92 Å². The Morgan fingerprint density at radius 2 is 1.67 bits per heavy atom. The van der Waals surface area contributed by atoms with Crippen molar-refractivity contribution in [2.75, 3.05) is 11.5 Å². The predicted octanol–water partition coefficient (Wildman–Crippen LogP) is 2.36. The third-order valence-electron chi connectivity index (χ3n) is 2.18. The van der Waals surface area contributed by atoms with Gasteiger partial charge in [-0.15, -0.1) is 0 Å². The Morgan fingerprint density at radius 1 is 1.17 bits per heavy atom. The molecule has 0 bridgehead atoms. The summed E-state index contributed by atoms with van der Waals surface area (Å²) >= 11 is 0. The summed E-state index contributed by atoms with van der Waals surface area (Å²) in [5.41, 5.74) is 14.1. The molecule has 0 unspecified atom stereocenters. The van der Waals surface area contributed by atoms with E-state index in [1.165, 1.54) is 5.56 Å². The van der Waals surface area contributed by atoms with Crippen LogP contribution in [0.4, 0.5) is 11.4 Å². The maximum Gasteiger partial charge on any atom is 0.0337 e. The smallest absolute Gasteiger partial charge is 0.0337 e. The summed E-state index contributed by atoms with van der Waals surface area (Å²) in [7, 11) is 0. The zero-order valence-corrected chi connectivity index (χ0v) is 7.67. The third-order valence-corrected chi connectivity index (χ3v) is 2.18. The van der Waals surface area contributed by atoms with Gasteiger partial charge in [-0.2, -0.15) is 0 Å². The molecule has 0 aliphatic rings. The van der Waals surface area contributed by atoms with Crippen LogP contribution in [0.2, 0.25) is 0 Å². The number of benzene rings is 1. The molecular formula is C10H16N2. The molecule has 1 aromatic rings. The highest BCUT2D eigenvalue weighted by Gasteiger charge is 2.03. The number of rotatable bonds is 2. The molecule has 0 aliphatic heterocycles. The van der Waals surface area contributed by atoms with Crippen LogP contribution >= 0.6 is 0 Å². The van der Waals surface area contributed by atoms with Crippen molar-refractivity contribution in [2.24, 2.45) is 0 Å². The maximum atomic E-state index is 5.67. The van der Waals surface area contributed by atoms with Crippen molar-refractivity contribution in [3.05, 3.63) is 23.8 Å². The molecule has 0 spiro atoms. The molecule has 0 aliphatic carbocycles. The summed E-state index contributed by atoms with van der Waals surface area (Å²) in [4.78, 5) is 0. The first-order valence-corrected chi connectivity index (χ1v) is 4.29. The van der Waals surface area contributed by atoms with Crippen molar-refractivity contribution in [3.63, 3.8) is 0 Å². The molecule has 0 fully saturated rings. The third kappa shape index (κ3) is 1.91. The highest BCUT2D eigenvalue weighted by molar-refractivity contribution is 5.54. The summed E-state index contributed by atoms with van der Waals surface area (Å²) < 4.78 is 0. The standard InChI is InChI=1S/C10H16N2/c1-3-7(2)8-4-9(11)6-10(12)5-8/h4-7H,3,11-12H2,1-2H3/t7-/m1/s1. The van der Waals surface area contributed by atoms with Crippen LogP contribution in [0, 0.1) is 0 Å². The number of anilines is 2. The SMILES string of the molecule is CC[C@@H](C)c1cc(N)cc(N)c1. The Kier molecular flexibility index (Phi) is 2.58. The minimum absolute atomic E-state index is 0.538. The molecule has 12 heavy (non-hydrogen) atoms. The minimum atomic E-state index is 0.538. The minimum Gasteiger partial charge on any atom is -0.399 e. The van der Waals surface area contributed by atoms with Gasteiger partial charge in [-0.1, -0.05) is 13.8 Å². The number of nitrogen functional groups attached to an aromatic ring is 2. The molecular weight excluding hydrogens is 148 g/mol. The molecule has 0 saturated heterocycles. The fraction of sp³-hybridized carbons (Fsp3) is 0.400. The zero-order valence-electron chi connectivity index (χ0n) is 7.67. The molecule has 0 aromatic heterocycles. The first-order valence-electron chi connectivity index (χ1n) is 4.29. The van der Waals surface area contributed by atoms with Crippen LogP contribution in [0.1, 0.15) is 31.7 Å². The second-order valence-corrected chi connectivity index (χ2v) is 3.24. The van der Waals surface area contributed by atoms with Gasteiger partial charge in [-0.3, -0.25) is 0 Å². The van der Waals surface area contributed by atoms with E-state index in [4.69, 9.17) is 11.5 Å². The van der Waals surface area contributed by atoms with Gasteiger partial charge >= 0.3 is 0 Å². The molecule has 2 nitrogen and oxygen atoms in total. The van der Waals surface area contributed by atoms with E-state index in [0.717, 1.165) is 17.8 Å². The van der Waals surface area contributed by atoms with E-state index in [1.807, 2.05) is 12.1 Å². The van der Waals surface area contributed by atoms with Gasteiger partial charge in [0.15, 0.2) is 0 Å². The summed E-state index contributed by atoms with van der Waals surface area (Å²) in [5, 5.41) is 0. The van der Waals surface area contributed by atoms with Crippen LogP contribution in [-0.4, -0.2) is 0 Å². The fourth-order valence-corrected chi connectivity index (χ4v) is 1.22. The van der Waals surface area contributed by atoms with Crippen LogP contribution in [0.5, 0.6) is 0 Å². The van der Waals surface area contributed by atoms with E-state index in [2.05, 4.69) is 13.8 Å². The predicted molar refractivity (Wildman–Crippen MR) is 54.0 cm³/mol. The highest BCUT2D eigenvalue weighted by Crippen LogP contribution is 2.23. The number of hydrogen-bond donors (Lipinski definition) is 2. The van der Waals surface area contributed by atoms with Crippen LogP contribution in [0.3, 0.4) is 0 Å². The van der Waals surface area contributed by atoms with E-state index in [1.54, 1.807) is 6.07 Å². The molecule has 0 heterocycles. The van der Waals surface area contributed by atoms with E-state index in [-0.39, 0.29) is 0 Å². The summed E-state index contributed by atoms with van der Waals surface area (Å²) in [6.07, 6.45) is 1.11. The summed E-state index contributed by atoms with van der Waals surface area (Å²) in [6.45, 7) is 4.33. The average Bonchev–Trinajstić information content (AvgIpc) is 2.01. The van der Waals surface area contributed by atoms with Gasteiger partial charge in [0.25, 0.3) is 0 Å². The van der Waals surface area contributed by atoms with Gasteiger partial charge in [-0.05, 0) is 36.1 Å². The Hall–Kier alpha value is -1.18. The van der Waals surface area contributed by atoms with Crippen molar-refractivity contribution in [2.45, 2.75) is 26.2 Å². The van der Waals surface area contributed by atoms with Gasteiger partial charge in [0, 0.05) is 11.4 Å². The Morgan fingerprint density at radius 3 is 2.08 bits per heavy atom. The van der Waals surface area contributed by atoms with Crippen LogP contribution in [0.25, 0.3) is 0 Å². The lowest BCUT2D eigenvalue weighted by atomic mass is 9.98. The normalized spacial score (nSPS) is 12.8. The fourth-order valence-electron chi connectivity index (χ4n) is 1.22. The zero-order chi connectivity index (χ0) is 9.14. The van der Waals surface area contributed by atoms with Crippen molar-refractivity contribution in [3.8, 4) is 0 Å². The molecule has 1 atom stereocenters. The van der Waals surface area contributed by atoms with E-state index < -0.39 is 0 Å². The lowest BCUT2D eigenvalue weighted by molar-refractivity contribution is 0.734. The number of nitrogens with two attached hydrogens (primary N) is 2. The summed E-state index contributed by atoms with van der Waals surface area (Å²) in [6, 6.07) is 5.76. The average molecular weight is 164 g/mol. The first-order chi connectivity index (χ1) is 5.63. The molecule has 2 heteroatoms. The van der Waals surface area contributed by atoms with Gasteiger partial charge in [-0.25, -0.2) is 0 Å². The van der Waals surface area contributed by atoms with Gasteiger partial charge < -0.3 is 11.5 Å². The van der Waals surface area contributed by atoms with Gasteiger partial charge in [0.05, 0.1) is 0 Å². The van der Waals surface area contributed by atoms with E-state index in [9.17, 15) is 0 Å². The second-order valence-electron chi connectivity index (χ2n) is 3.24. The first kappa shape index (κ1) is 8.91. The van der Waals surface area contributed by atoms with Crippen LogP contribution in [0.15, 0.2) is 18.2 Å². The Labute approximate surface area is 73.6 Å². The lowest BCUT2D eigenvalue weighted by Gasteiger charge is -2.10. The molecule has 0 radical (unpaired) electrons. The molecule has 66 valence electrons. The van der Waals surface area contributed by atoms with Gasteiger partial charge in [0.2, 0.25) is 0 Å². The maximum absolute atomic E-state index is 5.67. The lowest BCUT2D eigenvalue weighted by Crippen LogP contribution is -1.96. The Bertz CT molecular complexity index is 248. The molecule has 0 saturated carbocycles.